The van der Waals surface area contributed by atoms with E-state index in [-0.39, 0.29) is 11.8 Å². The van der Waals surface area contributed by atoms with E-state index in [1.54, 1.807) is 4.90 Å². The van der Waals surface area contributed by atoms with Crippen molar-refractivity contribution in [1.82, 2.24) is 0 Å². The van der Waals surface area contributed by atoms with Gasteiger partial charge in [0, 0.05) is 25.2 Å². The van der Waals surface area contributed by atoms with Gasteiger partial charge < -0.3 is 10.6 Å². The van der Waals surface area contributed by atoms with Gasteiger partial charge in [0.25, 0.3) is 0 Å². The summed E-state index contributed by atoms with van der Waals surface area (Å²) in [5.41, 5.74) is 10.1. The highest BCUT2D eigenvalue weighted by Gasteiger charge is 2.18. The third-order valence-electron chi connectivity index (χ3n) is 3.28. The van der Waals surface area contributed by atoms with Crippen LogP contribution in [0, 0.1) is 26.7 Å². The van der Waals surface area contributed by atoms with E-state index in [4.69, 9.17) is 5.73 Å². The molecule has 3 heteroatoms. The highest BCUT2D eigenvalue weighted by atomic mass is 16.2. The zero-order chi connectivity index (χ0) is 13.2. The summed E-state index contributed by atoms with van der Waals surface area (Å²) in [6, 6.07) is 4.17. The summed E-state index contributed by atoms with van der Waals surface area (Å²) in [5, 5.41) is 0. The van der Waals surface area contributed by atoms with Gasteiger partial charge in [0.2, 0.25) is 5.91 Å². The van der Waals surface area contributed by atoms with Crippen LogP contribution >= 0.6 is 0 Å². The van der Waals surface area contributed by atoms with Gasteiger partial charge in [0.15, 0.2) is 0 Å². The lowest BCUT2D eigenvalue weighted by Crippen LogP contribution is -2.35. The number of nitrogens with zero attached hydrogens (tertiary/aromatic N) is 1. The van der Waals surface area contributed by atoms with E-state index >= 15 is 0 Å². The summed E-state index contributed by atoms with van der Waals surface area (Å²) < 4.78 is 0. The molecule has 0 saturated carbocycles. The Hall–Kier alpha value is -1.35. The second-order valence-electron chi connectivity index (χ2n) is 4.76. The van der Waals surface area contributed by atoms with Crippen molar-refractivity contribution in [2.45, 2.75) is 27.7 Å². The fourth-order valence-corrected chi connectivity index (χ4v) is 1.86. The van der Waals surface area contributed by atoms with Crippen LogP contribution in [0.15, 0.2) is 12.1 Å². The Labute approximate surface area is 104 Å². The van der Waals surface area contributed by atoms with Crippen molar-refractivity contribution in [2.75, 3.05) is 18.5 Å². The number of carbonyl (C=O) groups excluding carboxylic acids is 1. The molecule has 0 aliphatic heterocycles. The molecule has 0 aliphatic rings. The number of anilines is 1. The maximum atomic E-state index is 12.1. The molecule has 0 radical (unpaired) electrons. The number of amides is 1. The van der Waals surface area contributed by atoms with Crippen molar-refractivity contribution in [3.8, 4) is 0 Å². The van der Waals surface area contributed by atoms with Gasteiger partial charge in [-0.25, -0.2) is 0 Å². The normalized spacial score (nSPS) is 12.4. The summed E-state index contributed by atoms with van der Waals surface area (Å²) in [4.78, 5) is 13.8. The van der Waals surface area contributed by atoms with E-state index in [2.05, 4.69) is 26.0 Å². The van der Waals surface area contributed by atoms with E-state index in [0.29, 0.717) is 6.54 Å². The van der Waals surface area contributed by atoms with Gasteiger partial charge >= 0.3 is 0 Å². The van der Waals surface area contributed by atoms with Crippen LogP contribution in [-0.4, -0.2) is 19.5 Å². The van der Waals surface area contributed by atoms with Crippen LogP contribution < -0.4 is 10.6 Å². The minimum atomic E-state index is -0.138. The Bertz CT molecular complexity index is 426. The summed E-state index contributed by atoms with van der Waals surface area (Å²) in [6.45, 7) is 8.40. The average molecular weight is 234 g/mol. The average Bonchev–Trinajstić information content (AvgIpc) is 2.31. The first-order valence-electron chi connectivity index (χ1n) is 5.94. The third kappa shape index (κ3) is 2.86. The minimum Gasteiger partial charge on any atom is -0.330 e. The lowest BCUT2D eigenvalue weighted by atomic mass is 10.0. The maximum absolute atomic E-state index is 12.1. The first-order valence-corrected chi connectivity index (χ1v) is 5.94. The van der Waals surface area contributed by atoms with Gasteiger partial charge in [0.05, 0.1) is 0 Å². The van der Waals surface area contributed by atoms with Crippen molar-refractivity contribution in [3.63, 3.8) is 0 Å². The summed E-state index contributed by atoms with van der Waals surface area (Å²) in [5.74, 6) is -0.0696. The van der Waals surface area contributed by atoms with Crippen LogP contribution in [0.3, 0.4) is 0 Å². The Morgan fingerprint density at radius 3 is 2.29 bits per heavy atom. The topological polar surface area (TPSA) is 46.3 Å². The van der Waals surface area contributed by atoms with Gasteiger partial charge in [-0.05, 0) is 43.5 Å². The fourth-order valence-electron chi connectivity index (χ4n) is 1.86. The molecule has 0 saturated heterocycles. The summed E-state index contributed by atoms with van der Waals surface area (Å²) in [6.07, 6.45) is 0. The predicted octanol–water partition coefficient (Wildman–Crippen LogP) is 2.17. The SMILES string of the molecule is Cc1cc(C)c(N(C)C(=O)C(C)CN)cc1C. The van der Waals surface area contributed by atoms with Crippen LogP contribution in [0.2, 0.25) is 0 Å². The maximum Gasteiger partial charge on any atom is 0.230 e. The smallest absolute Gasteiger partial charge is 0.230 e. The largest absolute Gasteiger partial charge is 0.330 e. The quantitative estimate of drug-likeness (QED) is 0.871. The van der Waals surface area contributed by atoms with Gasteiger partial charge in [-0.15, -0.1) is 0 Å². The van der Waals surface area contributed by atoms with E-state index in [1.165, 1.54) is 11.1 Å². The standard InChI is InChI=1S/C14H22N2O/c1-9-6-11(3)13(7-10(9)2)16(5)14(17)12(4)8-15/h6-7,12H,8,15H2,1-5H3. The fraction of sp³-hybridized carbons (Fsp3) is 0.500. The van der Waals surface area contributed by atoms with Gasteiger partial charge in [-0.1, -0.05) is 13.0 Å². The Morgan fingerprint density at radius 1 is 1.24 bits per heavy atom. The van der Waals surface area contributed by atoms with Crippen LogP contribution in [0.1, 0.15) is 23.6 Å². The number of aryl methyl sites for hydroxylation is 3. The number of nitrogens with two attached hydrogens (primary N) is 1. The summed E-state index contributed by atoms with van der Waals surface area (Å²) in [7, 11) is 1.81. The zero-order valence-electron chi connectivity index (χ0n) is 11.4. The van der Waals surface area contributed by atoms with Crippen LogP contribution in [0.5, 0.6) is 0 Å². The van der Waals surface area contributed by atoms with Crippen molar-refractivity contribution in [1.29, 1.82) is 0 Å². The summed E-state index contributed by atoms with van der Waals surface area (Å²) >= 11 is 0. The minimum absolute atomic E-state index is 0.0684. The van der Waals surface area contributed by atoms with Crippen molar-refractivity contribution >= 4 is 11.6 Å². The molecule has 0 aliphatic carbocycles. The molecular weight excluding hydrogens is 212 g/mol. The first kappa shape index (κ1) is 13.7. The molecule has 1 aromatic rings. The van der Waals surface area contributed by atoms with E-state index in [1.807, 2.05) is 20.9 Å². The molecule has 0 spiro atoms. The Kier molecular flexibility index (Phi) is 4.29. The molecule has 1 unspecified atom stereocenters. The van der Waals surface area contributed by atoms with Crippen molar-refractivity contribution < 1.29 is 4.79 Å². The lowest BCUT2D eigenvalue weighted by Gasteiger charge is -2.23. The molecule has 1 aromatic carbocycles. The van der Waals surface area contributed by atoms with E-state index in [0.717, 1.165) is 11.3 Å². The van der Waals surface area contributed by atoms with Crippen molar-refractivity contribution in [3.05, 3.63) is 28.8 Å². The number of carbonyl (C=O) groups is 1. The monoisotopic (exact) mass is 234 g/mol. The molecular formula is C14H22N2O. The second kappa shape index (κ2) is 5.32. The molecule has 2 N–H and O–H groups in total. The van der Waals surface area contributed by atoms with Crippen LogP contribution in [0.4, 0.5) is 5.69 Å². The molecule has 1 atom stereocenters. The molecule has 0 fully saturated rings. The predicted molar refractivity (Wildman–Crippen MR) is 72.3 cm³/mol. The molecule has 0 bridgehead atoms. The van der Waals surface area contributed by atoms with Crippen molar-refractivity contribution in [2.24, 2.45) is 11.7 Å². The molecule has 0 heterocycles. The first-order chi connectivity index (χ1) is 7.88. The second-order valence-corrected chi connectivity index (χ2v) is 4.76. The Morgan fingerprint density at radius 2 is 1.76 bits per heavy atom. The number of hydrogen-bond acceptors (Lipinski definition) is 2. The Balaban J connectivity index is 3.08. The molecule has 94 valence electrons. The van der Waals surface area contributed by atoms with Gasteiger partial charge in [0.1, 0.15) is 0 Å². The molecule has 3 nitrogen and oxygen atoms in total. The third-order valence-corrected chi connectivity index (χ3v) is 3.28. The zero-order valence-corrected chi connectivity index (χ0v) is 11.4. The molecule has 1 rings (SSSR count). The highest BCUT2D eigenvalue weighted by Crippen LogP contribution is 2.24. The van der Waals surface area contributed by atoms with E-state index < -0.39 is 0 Å². The highest BCUT2D eigenvalue weighted by molar-refractivity contribution is 5.95. The number of rotatable bonds is 3. The molecule has 1 amide bonds. The van der Waals surface area contributed by atoms with Crippen LogP contribution in [-0.2, 0) is 4.79 Å². The number of hydrogen-bond donors (Lipinski definition) is 1. The van der Waals surface area contributed by atoms with E-state index in [9.17, 15) is 4.79 Å². The van der Waals surface area contributed by atoms with Gasteiger partial charge in [-0.3, -0.25) is 4.79 Å². The molecule has 17 heavy (non-hydrogen) atoms. The lowest BCUT2D eigenvalue weighted by molar-refractivity contribution is -0.121. The van der Waals surface area contributed by atoms with Gasteiger partial charge in [-0.2, -0.15) is 0 Å². The van der Waals surface area contributed by atoms with Crippen LogP contribution in [0.25, 0.3) is 0 Å². The molecule has 0 aromatic heterocycles. The number of benzene rings is 1.